The second-order valence-corrected chi connectivity index (χ2v) is 7.96. The molecule has 0 spiro atoms. The molecular formula is C23H28N2O. The number of nitrogens with zero attached hydrogens (tertiary/aromatic N) is 1. The van der Waals surface area contributed by atoms with Crippen LogP contribution in [0.25, 0.3) is 0 Å². The summed E-state index contributed by atoms with van der Waals surface area (Å²) in [6, 6.07) is 19.1. The van der Waals surface area contributed by atoms with Crippen LogP contribution in [0.1, 0.15) is 29.5 Å². The van der Waals surface area contributed by atoms with Crippen molar-refractivity contribution in [1.82, 2.24) is 10.2 Å². The fraction of sp³-hybridized carbons (Fsp3) is 0.435. The molecule has 0 heterocycles. The fourth-order valence-corrected chi connectivity index (χ4v) is 4.08. The molecule has 0 unspecified atom stereocenters. The molecule has 26 heavy (non-hydrogen) atoms. The third-order valence-electron chi connectivity index (χ3n) is 6.06. The first kappa shape index (κ1) is 17.3. The number of carbonyl (C=O) groups excluding carboxylic acids is 1. The highest BCUT2D eigenvalue weighted by Gasteiger charge is 2.46. The highest BCUT2D eigenvalue weighted by Crippen LogP contribution is 2.35. The summed E-state index contributed by atoms with van der Waals surface area (Å²) in [5.74, 6) is 0.908. The van der Waals surface area contributed by atoms with E-state index >= 15 is 0 Å². The molecule has 0 saturated heterocycles. The van der Waals surface area contributed by atoms with Crippen LogP contribution in [0.15, 0.2) is 54.6 Å². The second kappa shape index (κ2) is 7.24. The van der Waals surface area contributed by atoms with E-state index in [9.17, 15) is 4.79 Å². The highest BCUT2D eigenvalue weighted by molar-refractivity contribution is 5.88. The van der Waals surface area contributed by atoms with E-state index in [4.69, 9.17) is 0 Å². The molecular weight excluding hydrogens is 320 g/mol. The van der Waals surface area contributed by atoms with Crippen molar-refractivity contribution in [1.29, 1.82) is 0 Å². The number of likely N-dealkylation sites (N-methyl/N-ethyl adjacent to an activating group) is 1. The van der Waals surface area contributed by atoms with E-state index in [2.05, 4.69) is 65.8 Å². The maximum Gasteiger partial charge on any atom is 0.241 e. The van der Waals surface area contributed by atoms with Gasteiger partial charge in [-0.05, 0) is 48.9 Å². The van der Waals surface area contributed by atoms with Gasteiger partial charge in [0.2, 0.25) is 5.91 Å². The Hall–Kier alpha value is -2.13. The Bertz CT molecular complexity index is 742. The van der Waals surface area contributed by atoms with Crippen LogP contribution in [0.3, 0.4) is 0 Å². The van der Waals surface area contributed by atoms with Crippen LogP contribution < -0.4 is 5.32 Å². The quantitative estimate of drug-likeness (QED) is 0.833. The van der Waals surface area contributed by atoms with Gasteiger partial charge >= 0.3 is 0 Å². The normalized spacial score (nSPS) is 17.9. The van der Waals surface area contributed by atoms with Gasteiger partial charge in [0.15, 0.2) is 0 Å². The first-order valence-corrected chi connectivity index (χ1v) is 9.78. The number of hydrogen-bond acceptors (Lipinski definition) is 2. The summed E-state index contributed by atoms with van der Waals surface area (Å²) in [7, 11) is 2.12. The Morgan fingerprint density at radius 3 is 2.27 bits per heavy atom. The SMILES string of the molecule is CN(CCc1ccccc1)C1(C(=O)NCC2CC2)Cc2ccccc2C1. The minimum absolute atomic E-state index is 0.205. The number of fused-ring (bicyclic) bond motifs is 1. The molecule has 0 radical (unpaired) electrons. The summed E-state index contributed by atoms with van der Waals surface area (Å²) < 4.78 is 0. The van der Waals surface area contributed by atoms with Crippen molar-refractivity contribution in [2.24, 2.45) is 5.92 Å². The monoisotopic (exact) mass is 348 g/mol. The maximum absolute atomic E-state index is 13.3. The van der Waals surface area contributed by atoms with E-state index in [0.29, 0.717) is 5.92 Å². The predicted molar refractivity (Wildman–Crippen MR) is 105 cm³/mol. The molecule has 0 atom stereocenters. The fourth-order valence-electron chi connectivity index (χ4n) is 4.08. The van der Waals surface area contributed by atoms with Crippen LogP contribution in [0.4, 0.5) is 0 Å². The third kappa shape index (κ3) is 3.54. The van der Waals surface area contributed by atoms with Crippen molar-refractivity contribution in [2.75, 3.05) is 20.1 Å². The maximum atomic E-state index is 13.3. The molecule has 0 aliphatic heterocycles. The van der Waals surface area contributed by atoms with Gasteiger partial charge in [-0.15, -0.1) is 0 Å². The number of rotatable bonds is 7. The molecule has 1 saturated carbocycles. The molecule has 2 aliphatic carbocycles. The van der Waals surface area contributed by atoms with Crippen molar-refractivity contribution >= 4 is 5.91 Å². The summed E-state index contributed by atoms with van der Waals surface area (Å²) >= 11 is 0. The molecule has 1 N–H and O–H groups in total. The van der Waals surface area contributed by atoms with Gasteiger partial charge in [-0.3, -0.25) is 9.69 Å². The summed E-state index contributed by atoms with van der Waals surface area (Å²) in [5.41, 5.74) is 3.51. The smallest absolute Gasteiger partial charge is 0.241 e. The lowest BCUT2D eigenvalue weighted by atomic mass is 9.91. The van der Waals surface area contributed by atoms with Gasteiger partial charge in [-0.2, -0.15) is 0 Å². The largest absolute Gasteiger partial charge is 0.354 e. The standard InChI is InChI=1S/C23H28N2O/c1-25(14-13-18-7-3-2-4-8-18)23(22(26)24-17-19-11-12-19)15-20-9-5-6-10-21(20)16-23/h2-10,19H,11-17H2,1H3,(H,24,26). The topological polar surface area (TPSA) is 32.3 Å². The molecule has 2 aromatic carbocycles. The number of hydrogen-bond donors (Lipinski definition) is 1. The lowest BCUT2D eigenvalue weighted by molar-refractivity contribution is -0.132. The molecule has 1 fully saturated rings. The summed E-state index contributed by atoms with van der Waals surface area (Å²) in [5, 5.41) is 3.26. The summed E-state index contributed by atoms with van der Waals surface area (Å²) in [6.07, 6.45) is 5.11. The minimum atomic E-state index is -0.451. The highest BCUT2D eigenvalue weighted by atomic mass is 16.2. The number of nitrogens with one attached hydrogen (secondary N) is 1. The zero-order valence-electron chi connectivity index (χ0n) is 15.6. The Kier molecular flexibility index (Phi) is 4.82. The molecule has 3 nitrogen and oxygen atoms in total. The molecule has 4 rings (SSSR count). The van der Waals surface area contributed by atoms with Crippen LogP contribution >= 0.6 is 0 Å². The van der Waals surface area contributed by atoms with Crippen molar-refractivity contribution < 1.29 is 4.79 Å². The van der Waals surface area contributed by atoms with Gasteiger partial charge in [0, 0.05) is 25.9 Å². The predicted octanol–water partition coefficient (Wildman–Crippen LogP) is 3.22. The van der Waals surface area contributed by atoms with E-state index in [-0.39, 0.29) is 5.91 Å². The first-order valence-electron chi connectivity index (χ1n) is 9.78. The zero-order chi connectivity index (χ0) is 18.0. The lowest BCUT2D eigenvalue weighted by Crippen LogP contribution is -2.59. The van der Waals surface area contributed by atoms with Gasteiger partial charge in [0.25, 0.3) is 0 Å². The number of amides is 1. The Balaban J connectivity index is 1.51. The molecule has 2 aliphatic rings. The van der Waals surface area contributed by atoms with Crippen molar-refractivity contribution in [2.45, 2.75) is 37.6 Å². The molecule has 1 amide bonds. The van der Waals surface area contributed by atoms with Gasteiger partial charge in [-0.1, -0.05) is 54.6 Å². The summed E-state index contributed by atoms with van der Waals surface area (Å²) in [4.78, 5) is 15.6. The van der Waals surface area contributed by atoms with Gasteiger partial charge < -0.3 is 5.32 Å². The Morgan fingerprint density at radius 2 is 1.65 bits per heavy atom. The average Bonchev–Trinajstić information content (AvgIpc) is 3.42. The van der Waals surface area contributed by atoms with Gasteiger partial charge in [-0.25, -0.2) is 0 Å². The Morgan fingerprint density at radius 1 is 1.04 bits per heavy atom. The molecule has 136 valence electrons. The van der Waals surface area contributed by atoms with E-state index < -0.39 is 5.54 Å². The molecule has 2 aromatic rings. The van der Waals surface area contributed by atoms with E-state index in [1.807, 2.05) is 6.07 Å². The van der Waals surface area contributed by atoms with Crippen LogP contribution in [0.2, 0.25) is 0 Å². The van der Waals surface area contributed by atoms with E-state index in [0.717, 1.165) is 32.4 Å². The van der Waals surface area contributed by atoms with Crippen molar-refractivity contribution in [3.8, 4) is 0 Å². The molecule has 0 bridgehead atoms. The van der Waals surface area contributed by atoms with Crippen LogP contribution in [0, 0.1) is 5.92 Å². The Labute approximate surface area is 156 Å². The number of benzene rings is 2. The lowest BCUT2D eigenvalue weighted by Gasteiger charge is -2.37. The third-order valence-corrected chi connectivity index (χ3v) is 6.06. The van der Waals surface area contributed by atoms with E-state index in [1.165, 1.54) is 29.5 Å². The summed E-state index contributed by atoms with van der Waals surface area (Å²) in [6.45, 7) is 1.72. The van der Waals surface area contributed by atoms with Gasteiger partial charge in [0.1, 0.15) is 5.54 Å². The van der Waals surface area contributed by atoms with Crippen LogP contribution in [-0.2, 0) is 24.1 Å². The first-order chi connectivity index (χ1) is 12.7. The molecule has 3 heteroatoms. The zero-order valence-corrected chi connectivity index (χ0v) is 15.6. The van der Waals surface area contributed by atoms with Crippen LogP contribution in [0.5, 0.6) is 0 Å². The van der Waals surface area contributed by atoms with Gasteiger partial charge in [0.05, 0.1) is 0 Å². The van der Waals surface area contributed by atoms with Crippen LogP contribution in [-0.4, -0.2) is 36.5 Å². The van der Waals surface area contributed by atoms with E-state index in [1.54, 1.807) is 0 Å². The molecule has 0 aromatic heterocycles. The van der Waals surface area contributed by atoms with Crippen molar-refractivity contribution in [3.63, 3.8) is 0 Å². The minimum Gasteiger partial charge on any atom is -0.354 e. The number of carbonyl (C=O) groups is 1. The average molecular weight is 348 g/mol. The second-order valence-electron chi connectivity index (χ2n) is 7.96. The van der Waals surface area contributed by atoms with Crippen molar-refractivity contribution in [3.05, 3.63) is 71.3 Å².